The molecule has 9 nitrogen and oxygen atoms in total. The molecule has 0 saturated heterocycles. The predicted octanol–water partition coefficient (Wildman–Crippen LogP) is 5.52. The Hall–Kier alpha value is -4.28. The normalized spacial score (nSPS) is 20.4. The molecule has 41 heavy (non-hydrogen) atoms. The first kappa shape index (κ1) is 24.5. The first-order chi connectivity index (χ1) is 19.8. The quantitative estimate of drug-likeness (QED) is 0.287. The highest BCUT2D eigenvalue weighted by Gasteiger charge is 2.54. The molecule has 12 heteroatoms. The summed E-state index contributed by atoms with van der Waals surface area (Å²) in [6.45, 7) is 0. The smallest absolute Gasteiger partial charge is 0.252 e. The average Bonchev–Trinajstić information content (AvgIpc) is 3.27. The largest absolute Gasteiger partial charge is 0.326 e. The fraction of sp³-hybridized carbons (Fsp3) is 0.207. The van der Waals surface area contributed by atoms with Gasteiger partial charge in [-0.05, 0) is 66.3 Å². The van der Waals surface area contributed by atoms with Crippen molar-refractivity contribution in [3.63, 3.8) is 0 Å². The van der Waals surface area contributed by atoms with Crippen molar-refractivity contribution in [2.24, 2.45) is 5.92 Å². The lowest BCUT2D eigenvalue weighted by molar-refractivity contribution is -0.116. The van der Waals surface area contributed by atoms with Crippen molar-refractivity contribution in [3.8, 4) is 28.1 Å². The molecule has 1 saturated carbocycles. The van der Waals surface area contributed by atoms with Gasteiger partial charge in [0.2, 0.25) is 11.9 Å². The van der Waals surface area contributed by atoms with Crippen molar-refractivity contribution in [1.29, 1.82) is 0 Å². The fourth-order valence-electron chi connectivity index (χ4n) is 6.29. The number of carbonyl (C=O) groups excluding carboxylic acids is 1. The van der Waals surface area contributed by atoms with Crippen molar-refractivity contribution in [2.75, 3.05) is 5.32 Å². The lowest BCUT2D eigenvalue weighted by Gasteiger charge is -2.18. The highest BCUT2D eigenvalue weighted by atomic mass is 35.5. The maximum atomic E-state index is 15.3. The lowest BCUT2D eigenvalue weighted by atomic mass is 9.99. The van der Waals surface area contributed by atoms with E-state index < -0.39 is 12.0 Å². The number of aryl methyl sites for hydroxylation is 1. The van der Waals surface area contributed by atoms with Crippen LogP contribution in [0.2, 0.25) is 10.2 Å². The van der Waals surface area contributed by atoms with E-state index in [0.29, 0.717) is 40.5 Å². The van der Waals surface area contributed by atoms with Gasteiger partial charge in [0, 0.05) is 45.9 Å². The number of nitrogens with one attached hydrogen (secondary N) is 2. The van der Waals surface area contributed by atoms with E-state index in [9.17, 15) is 9.59 Å². The Balaban J connectivity index is 1.19. The van der Waals surface area contributed by atoms with Gasteiger partial charge in [-0.2, -0.15) is 4.39 Å². The van der Waals surface area contributed by atoms with Crippen LogP contribution in [0.4, 0.5) is 10.1 Å². The zero-order valence-corrected chi connectivity index (χ0v) is 22.7. The Morgan fingerprint density at radius 3 is 2.71 bits per heavy atom. The number of imidazole rings is 1. The van der Waals surface area contributed by atoms with E-state index in [2.05, 4.69) is 25.6 Å². The van der Waals surface area contributed by atoms with E-state index in [0.717, 1.165) is 28.9 Å². The van der Waals surface area contributed by atoms with Gasteiger partial charge in [-0.1, -0.05) is 34.5 Å². The number of amides is 1. The Kier molecular flexibility index (Phi) is 5.30. The molecule has 3 aliphatic rings. The molecule has 204 valence electrons. The molecule has 2 N–H and O–H groups in total. The SMILES string of the molecule is O=C1CCc2cc(-c3nc([C@@H]4C5C[C@H]5c5cc(-c6cc(Cl)ccc6-n6cc(Cl)nn6)cc(=O)n54)[nH]c3F)ccc2N1. The number of anilines is 1. The van der Waals surface area contributed by atoms with E-state index in [1.807, 2.05) is 12.1 Å². The highest BCUT2D eigenvalue weighted by Crippen LogP contribution is 2.60. The first-order valence-corrected chi connectivity index (χ1v) is 13.9. The first-order valence-electron chi connectivity index (χ1n) is 13.2. The van der Waals surface area contributed by atoms with Crippen LogP contribution in [0.25, 0.3) is 28.1 Å². The summed E-state index contributed by atoms with van der Waals surface area (Å²) in [7, 11) is 0. The molecule has 0 radical (unpaired) electrons. The summed E-state index contributed by atoms with van der Waals surface area (Å²) in [6.07, 6.45) is 3.44. The highest BCUT2D eigenvalue weighted by molar-refractivity contribution is 6.31. The summed E-state index contributed by atoms with van der Waals surface area (Å²) in [5.74, 6) is 0.152. The summed E-state index contributed by atoms with van der Waals surface area (Å²) >= 11 is 12.4. The molecule has 0 spiro atoms. The molecule has 0 bridgehead atoms. The molecule has 2 aromatic carbocycles. The molecule has 1 aliphatic carbocycles. The molecule has 1 unspecified atom stereocenters. The number of hydrogen-bond donors (Lipinski definition) is 2. The minimum atomic E-state index is -0.551. The molecule has 8 rings (SSSR count). The number of aromatic nitrogens is 6. The van der Waals surface area contributed by atoms with E-state index in [-0.39, 0.29) is 34.1 Å². The van der Waals surface area contributed by atoms with Crippen LogP contribution >= 0.6 is 23.2 Å². The fourth-order valence-corrected chi connectivity index (χ4v) is 6.59. The summed E-state index contributed by atoms with van der Waals surface area (Å²) in [6, 6.07) is 13.9. The molecule has 5 heterocycles. The molecule has 1 amide bonds. The van der Waals surface area contributed by atoms with Crippen LogP contribution in [-0.2, 0) is 11.2 Å². The molecular formula is C29H20Cl2FN7O2. The van der Waals surface area contributed by atoms with Gasteiger partial charge < -0.3 is 14.9 Å². The number of pyridine rings is 1. The second kappa shape index (κ2) is 8.86. The van der Waals surface area contributed by atoms with Crippen molar-refractivity contribution in [1.82, 2.24) is 29.5 Å². The maximum absolute atomic E-state index is 15.3. The molecule has 2 aliphatic heterocycles. The van der Waals surface area contributed by atoms with Crippen molar-refractivity contribution >= 4 is 34.8 Å². The van der Waals surface area contributed by atoms with Crippen LogP contribution in [0.15, 0.2) is 59.5 Å². The van der Waals surface area contributed by atoms with E-state index in [4.69, 9.17) is 23.2 Å². The number of hydrogen-bond acceptors (Lipinski definition) is 5. The van der Waals surface area contributed by atoms with Crippen LogP contribution < -0.4 is 10.9 Å². The third kappa shape index (κ3) is 3.93. The van der Waals surface area contributed by atoms with Gasteiger partial charge in [0.25, 0.3) is 5.56 Å². The second-order valence-corrected chi connectivity index (χ2v) is 11.5. The summed E-state index contributed by atoms with van der Waals surface area (Å²) in [4.78, 5) is 32.9. The van der Waals surface area contributed by atoms with Crippen LogP contribution in [0, 0.1) is 11.9 Å². The summed E-state index contributed by atoms with van der Waals surface area (Å²) in [5.41, 5.74) is 5.27. The standard InChI is InChI=1S/C29H20Cl2FN7O2/c30-16-3-5-21(38-12-23(31)36-37-38)17(10-16)15-8-22-18-11-19(18)27(39(22)25(41)9-15)29-34-26(28(32)35-29)14-1-4-20-13(7-14)2-6-24(40)33-20/h1,3-5,7-10,12,18-19,27H,2,6,11H2,(H,33,40)(H,34,35)/t18-,19?,27+/m1/s1. The van der Waals surface area contributed by atoms with Crippen LogP contribution in [0.1, 0.15) is 41.9 Å². The molecule has 5 aromatic rings. The zero-order valence-electron chi connectivity index (χ0n) is 21.2. The molecule has 3 atom stereocenters. The number of halogens is 3. The van der Waals surface area contributed by atoms with Gasteiger partial charge in [-0.25, -0.2) is 9.67 Å². The van der Waals surface area contributed by atoms with Gasteiger partial charge in [0.1, 0.15) is 11.5 Å². The number of fused-ring (bicyclic) bond motifs is 4. The van der Waals surface area contributed by atoms with Crippen molar-refractivity contribution in [2.45, 2.75) is 31.2 Å². The minimum Gasteiger partial charge on any atom is -0.326 e. The monoisotopic (exact) mass is 587 g/mol. The van der Waals surface area contributed by atoms with Gasteiger partial charge >= 0.3 is 0 Å². The van der Waals surface area contributed by atoms with E-state index >= 15 is 4.39 Å². The number of benzene rings is 2. The van der Waals surface area contributed by atoms with Gasteiger partial charge in [-0.3, -0.25) is 9.59 Å². The van der Waals surface area contributed by atoms with E-state index in [1.54, 1.807) is 51.8 Å². The Morgan fingerprint density at radius 2 is 1.88 bits per heavy atom. The number of nitrogens with zero attached hydrogens (tertiary/aromatic N) is 5. The third-order valence-corrected chi connectivity index (χ3v) is 8.62. The summed E-state index contributed by atoms with van der Waals surface area (Å²) < 4.78 is 18.6. The average molecular weight is 588 g/mol. The topological polar surface area (TPSA) is 110 Å². The molecule has 3 aromatic heterocycles. The van der Waals surface area contributed by atoms with Crippen LogP contribution in [-0.4, -0.2) is 35.4 Å². The van der Waals surface area contributed by atoms with Gasteiger partial charge in [-0.15, -0.1) is 5.10 Å². The Morgan fingerprint density at radius 1 is 1.00 bits per heavy atom. The molecular weight excluding hydrogens is 568 g/mol. The van der Waals surface area contributed by atoms with Crippen LogP contribution in [0.5, 0.6) is 0 Å². The Labute approximate surface area is 241 Å². The summed E-state index contributed by atoms with van der Waals surface area (Å²) in [5, 5.41) is 11.5. The zero-order chi connectivity index (χ0) is 28.0. The second-order valence-electron chi connectivity index (χ2n) is 10.7. The third-order valence-electron chi connectivity index (χ3n) is 8.22. The lowest BCUT2D eigenvalue weighted by Crippen LogP contribution is -2.26. The number of H-pyrrole nitrogens is 1. The Bertz CT molecular complexity index is 1980. The van der Waals surface area contributed by atoms with Crippen molar-refractivity contribution in [3.05, 3.63) is 98.3 Å². The van der Waals surface area contributed by atoms with Crippen molar-refractivity contribution < 1.29 is 9.18 Å². The van der Waals surface area contributed by atoms with Crippen LogP contribution in [0.3, 0.4) is 0 Å². The maximum Gasteiger partial charge on any atom is 0.252 e. The predicted molar refractivity (Wildman–Crippen MR) is 151 cm³/mol. The van der Waals surface area contributed by atoms with Gasteiger partial charge in [0.15, 0.2) is 5.15 Å². The molecule has 1 fully saturated rings. The number of carbonyl (C=O) groups is 1. The van der Waals surface area contributed by atoms with E-state index in [1.165, 1.54) is 0 Å². The number of aromatic amines is 1. The van der Waals surface area contributed by atoms with Gasteiger partial charge in [0.05, 0.1) is 17.9 Å². The number of rotatable bonds is 4. The minimum absolute atomic E-state index is 0.0275.